The van der Waals surface area contributed by atoms with E-state index >= 15 is 0 Å². The molecular formula is C14H12F3N3O2S. The van der Waals surface area contributed by atoms with Gasteiger partial charge in [-0.3, -0.25) is 9.59 Å². The van der Waals surface area contributed by atoms with Crippen LogP contribution in [0, 0.1) is 5.41 Å². The third-order valence-electron chi connectivity index (χ3n) is 3.85. The molecule has 0 radical (unpaired) electrons. The molecule has 2 amide bonds. The van der Waals surface area contributed by atoms with E-state index in [1.165, 1.54) is 23.1 Å². The zero-order chi connectivity index (χ0) is 17.0. The first-order valence-corrected chi connectivity index (χ1v) is 7.49. The van der Waals surface area contributed by atoms with Crippen molar-refractivity contribution in [2.75, 3.05) is 13.1 Å². The zero-order valence-electron chi connectivity index (χ0n) is 12.0. The van der Waals surface area contributed by atoms with Crippen molar-refractivity contribution in [3.8, 4) is 0 Å². The minimum atomic E-state index is -4.55. The molecule has 1 aromatic carbocycles. The van der Waals surface area contributed by atoms with E-state index in [9.17, 15) is 22.8 Å². The molecule has 23 heavy (non-hydrogen) atoms. The van der Waals surface area contributed by atoms with Crippen LogP contribution >= 0.6 is 11.3 Å². The number of amides is 2. The molecule has 1 fully saturated rings. The fourth-order valence-corrected chi connectivity index (χ4v) is 3.37. The fraction of sp³-hybridized carbons (Fsp3) is 0.357. The normalized spacial score (nSPS) is 17.1. The van der Waals surface area contributed by atoms with Crippen LogP contribution in [0.2, 0.25) is 0 Å². The molecule has 0 saturated carbocycles. The summed E-state index contributed by atoms with van der Waals surface area (Å²) in [6.07, 6.45) is -4.55. The van der Waals surface area contributed by atoms with Gasteiger partial charge < -0.3 is 10.6 Å². The Balaban J connectivity index is 1.93. The number of likely N-dealkylation sites (tertiary alicyclic amines) is 1. The van der Waals surface area contributed by atoms with E-state index in [1.807, 2.05) is 0 Å². The van der Waals surface area contributed by atoms with Crippen molar-refractivity contribution < 1.29 is 22.8 Å². The van der Waals surface area contributed by atoms with Crippen LogP contribution in [-0.2, 0) is 11.0 Å². The standard InChI is InChI=1S/C14H12F3N3O2S/c1-13(11(18)22)5-20(6-13)10(21)7-3-2-4-8-9(7)19-12(23-8)14(15,16)17/h2-4H,5-6H2,1H3,(H2,18,22). The van der Waals surface area contributed by atoms with Gasteiger partial charge in [-0.2, -0.15) is 13.2 Å². The Morgan fingerprint density at radius 3 is 2.57 bits per heavy atom. The Hall–Kier alpha value is -2.16. The van der Waals surface area contributed by atoms with Crippen LogP contribution in [0.3, 0.4) is 0 Å². The van der Waals surface area contributed by atoms with Crippen molar-refractivity contribution in [2.24, 2.45) is 11.1 Å². The molecule has 2 aromatic rings. The maximum Gasteiger partial charge on any atom is 0.443 e. The predicted octanol–water partition coefficient (Wildman–Crippen LogP) is 2.26. The van der Waals surface area contributed by atoms with Gasteiger partial charge in [0.15, 0.2) is 5.01 Å². The highest BCUT2D eigenvalue weighted by molar-refractivity contribution is 7.18. The molecule has 1 aromatic heterocycles. The Morgan fingerprint density at radius 1 is 1.35 bits per heavy atom. The molecule has 3 rings (SSSR count). The molecule has 0 aliphatic carbocycles. The second-order valence-corrected chi connectivity index (χ2v) is 6.79. The molecule has 0 atom stereocenters. The number of thiazole rings is 1. The number of hydrogen-bond donors (Lipinski definition) is 1. The average molecular weight is 343 g/mol. The predicted molar refractivity (Wildman–Crippen MR) is 77.8 cm³/mol. The fourth-order valence-electron chi connectivity index (χ4n) is 2.51. The van der Waals surface area contributed by atoms with Gasteiger partial charge in [0.2, 0.25) is 5.91 Å². The number of alkyl halides is 3. The van der Waals surface area contributed by atoms with Crippen molar-refractivity contribution in [3.05, 3.63) is 28.8 Å². The van der Waals surface area contributed by atoms with Gasteiger partial charge >= 0.3 is 6.18 Å². The van der Waals surface area contributed by atoms with Gasteiger partial charge in [0.05, 0.1) is 21.2 Å². The number of carbonyl (C=O) groups excluding carboxylic acids is 2. The van der Waals surface area contributed by atoms with Gasteiger partial charge in [-0.15, -0.1) is 11.3 Å². The van der Waals surface area contributed by atoms with E-state index in [4.69, 9.17) is 5.73 Å². The summed E-state index contributed by atoms with van der Waals surface area (Å²) in [4.78, 5) is 28.7. The molecule has 2 heterocycles. The number of hydrogen-bond acceptors (Lipinski definition) is 4. The van der Waals surface area contributed by atoms with Gasteiger partial charge in [-0.05, 0) is 19.1 Å². The summed E-state index contributed by atoms with van der Waals surface area (Å²) in [6, 6.07) is 4.44. The van der Waals surface area contributed by atoms with E-state index in [1.54, 1.807) is 6.92 Å². The van der Waals surface area contributed by atoms with Gasteiger partial charge in [-0.25, -0.2) is 4.98 Å². The van der Waals surface area contributed by atoms with Crippen LogP contribution in [0.25, 0.3) is 10.2 Å². The number of nitrogens with two attached hydrogens (primary N) is 1. The number of para-hydroxylation sites is 1. The van der Waals surface area contributed by atoms with Crippen LogP contribution in [-0.4, -0.2) is 34.8 Å². The third kappa shape index (κ3) is 2.54. The summed E-state index contributed by atoms with van der Waals surface area (Å²) < 4.78 is 38.7. The number of primary amides is 1. The highest BCUT2D eigenvalue weighted by atomic mass is 32.1. The van der Waals surface area contributed by atoms with Crippen molar-refractivity contribution in [2.45, 2.75) is 13.1 Å². The highest BCUT2D eigenvalue weighted by Crippen LogP contribution is 2.37. The summed E-state index contributed by atoms with van der Waals surface area (Å²) >= 11 is 0.497. The summed E-state index contributed by atoms with van der Waals surface area (Å²) in [5, 5.41) is -0.988. The number of aromatic nitrogens is 1. The third-order valence-corrected chi connectivity index (χ3v) is 4.92. The molecule has 1 aliphatic heterocycles. The average Bonchev–Trinajstić information content (AvgIpc) is 2.86. The lowest BCUT2D eigenvalue weighted by Crippen LogP contribution is -2.62. The van der Waals surface area contributed by atoms with Crippen LogP contribution in [0.15, 0.2) is 18.2 Å². The number of fused-ring (bicyclic) bond motifs is 1. The minimum Gasteiger partial charge on any atom is -0.369 e. The maximum atomic E-state index is 12.8. The van der Waals surface area contributed by atoms with Crippen molar-refractivity contribution >= 4 is 33.4 Å². The molecule has 122 valence electrons. The Bertz CT molecular complexity index is 809. The summed E-state index contributed by atoms with van der Waals surface area (Å²) in [5.74, 6) is -0.957. The first kappa shape index (κ1) is 15.7. The van der Waals surface area contributed by atoms with E-state index in [-0.39, 0.29) is 24.2 Å². The molecule has 1 saturated heterocycles. The molecule has 0 spiro atoms. The summed E-state index contributed by atoms with van der Waals surface area (Å²) in [7, 11) is 0. The van der Waals surface area contributed by atoms with E-state index in [0.29, 0.717) is 16.0 Å². The number of rotatable bonds is 2. The number of carbonyl (C=O) groups is 2. The van der Waals surface area contributed by atoms with Gasteiger partial charge in [0.1, 0.15) is 0 Å². The van der Waals surface area contributed by atoms with Crippen LogP contribution < -0.4 is 5.73 Å². The Labute approximate surface area is 132 Å². The smallest absolute Gasteiger partial charge is 0.369 e. The number of halogens is 3. The van der Waals surface area contributed by atoms with Crippen LogP contribution in [0.1, 0.15) is 22.3 Å². The van der Waals surface area contributed by atoms with Crippen molar-refractivity contribution in [1.82, 2.24) is 9.88 Å². The van der Waals surface area contributed by atoms with Crippen LogP contribution in [0.5, 0.6) is 0 Å². The largest absolute Gasteiger partial charge is 0.443 e. The Kier molecular flexibility index (Phi) is 3.36. The monoisotopic (exact) mass is 343 g/mol. The minimum absolute atomic E-state index is 0.0301. The summed E-state index contributed by atoms with van der Waals surface area (Å²) in [6.45, 7) is 1.94. The van der Waals surface area contributed by atoms with Gasteiger partial charge in [0.25, 0.3) is 5.91 Å². The zero-order valence-corrected chi connectivity index (χ0v) is 12.8. The van der Waals surface area contributed by atoms with Gasteiger partial charge in [0, 0.05) is 13.1 Å². The van der Waals surface area contributed by atoms with Gasteiger partial charge in [-0.1, -0.05) is 6.07 Å². The second-order valence-electron chi connectivity index (χ2n) is 5.76. The number of benzene rings is 1. The Morgan fingerprint density at radius 2 is 2.00 bits per heavy atom. The van der Waals surface area contributed by atoms with E-state index < -0.39 is 28.4 Å². The van der Waals surface area contributed by atoms with E-state index in [0.717, 1.165) is 0 Å². The van der Waals surface area contributed by atoms with E-state index in [2.05, 4.69) is 4.98 Å². The highest BCUT2D eigenvalue weighted by Gasteiger charge is 2.46. The molecule has 2 N–H and O–H groups in total. The number of nitrogens with zero attached hydrogens (tertiary/aromatic N) is 2. The summed E-state index contributed by atoms with van der Waals surface area (Å²) in [5.41, 5.74) is 4.60. The maximum absolute atomic E-state index is 12.8. The molecule has 0 unspecified atom stereocenters. The molecule has 1 aliphatic rings. The first-order valence-electron chi connectivity index (χ1n) is 6.68. The molecule has 9 heteroatoms. The first-order chi connectivity index (χ1) is 10.6. The molecular weight excluding hydrogens is 331 g/mol. The lowest BCUT2D eigenvalue weighted by molar-refractivity contribution is -0.137. The lowest BCUT2D eigenvalue weighted by Gasteiger charge is -2.45. The van der Waals surface area contributed by atoms with Crippen molar-refractivity contribution in [1.29, 1.82) is 0 Å². The molecule has 5 nitrogen and oxygen atoms in total. The molecule has 0 bridgehead atoms. The van der Waals surface area contributed by atoms with Crippen LogP contribution in [0.4, 0.5) is 13.2 Å². The SMILES string of the molecule is CC1(C(N)=O)CN(C(=O)c2cccc3sc(C(F)(F)F)nc23)C1. The lowest BCUT2D eigenvalue weighted by atomic mass is 9.81. The quantitative estimate of drug-likeness (QED) is 0.909. The second kappa shape index (κ2) is 4.92. The van der Waals surface area contributed by atoms with Crippen molar-refractivity contribution in [3.63, 3.8) is 0 Å². The topological polar surface area (TPSA) is 76.3 Å².